The number of rotatable bonds is 2. The van der Waals surface area contributed by atoms with E-state index in [1.807, 2.05) is 30.0 Å². The Morgan fingerprint density at radius 2 is 2.00 bits per heavy atom. The highest BCUT2D eigenvalue weighted by molar-refractivity contribution is 5.91. The number of carbonyl (C=O) groups excluding carboxylic acids is 2. The van der Waals surface area contributed by atoms with Crippen molar-refractivity contribution in [3.05, 3.63) is 24.4 Å². The van der Waals surface area contributed by atoms with E-state index in [0.717, 1.165) is 38.2 Å². The normalized spacial score (nSPS) is 25.7. The Morgan fingerprint density at radius 3 is 2.70 bits per heavy atom. The van der Waals surface area contributed by atoms with Gasteiger partial charge >= 0.3 is 0 Å². The number of hydrogen-bond donors (Lipinski definition) is 1. The molecule has 23 heavy (non-hydrogen) atoms. The summed E-state index contributed by atoms with van der Waals surface area (Å²) < 4.78 is 0. The molecule has 3 rings (SSSR count). The van der Waals surface area contributed by atoms with Crippen molar-refractivity contribution in [2.75, 3.05) is 31.1 Å². The summed E-state index contributed by atoms with van der Waals surface area (Å²) >= 11 is 0. The molecule has 1 aromatic rings. The van der Waals surface area contributed by atoms with Gasteiger partial charge in [-0.1, -0.05) is 12.5 Å². The van der Waals surface area contributed by atoms with E-state index in [4.69, 9.17) is 0 Å². The second-order valence-electron chi connectivity index (χ2n) is 6.55. The Bertz CT molecular complexity index is 569. The number of hydrogen-bond acceptors (Lipinski definition) is 4. The van der Waals surface area contributed by atoms with E-state index < -0.39 is 5.54 Å². The van der Waals surface area contributed by atoms with E-state index in [0.29, 0.717) is 19.5 Å². The summed E-state index contributed by atoms with van der Waals surface area (Å²) in [5.41, 5.74) is -0.749. The van der Waals surface area contributed by atoms with Gasteiger partial charge in [0.2, 0.25) is 11.8 Å². The molecule has 6 heteroatoms. The molecule has 1 aromatic heterocycles. The number of piperazine rings is 1. The van der Waals surface area contributed by atoms with Crippen molar-refractivity contribution >= 4 is 17.6 Å². The summed E-state index contributed by atoms with van der Waals surface area (Å²) in [4.78, 5) is 33.2. The van der Waals surface area contributed by atoms with Gasteiger partial charge in [0.1, 0.15) is 11.4 Å². The van der Waals surface area contributed by atoms with Crippen molar-refractivity contribution in [2.45, 2.75) is 38.1 Å². The SMILES string of the molecule is C[C@@]1(C(=O)N2CCN(c3ccccn3)CC2)CCCCC(=O)N1. The smallest absolute Gasteiger partial charge is 0.248 e. The molecule has 1 N–H and O–H groups in total. The number of nitrogens with one attached hydrogen (secondary N) is 1. The van der Waals surface area contributed by atoms with Gasteiger partial charge in [-0.05, 0) is 31.9 Å². The number of pyridine rings is 1. The van der Waals surface area contributed by atoms with Crippen LogP contribution in [0, 0.1) is 0 Å². The second kappa shape index (κ2) is 6.56. The first kappa shape index (κ1) is 15.8. The van der Waals surface area contributed by atoms with Gasteiger partial charge in [-0.15, -0.1) is 0 Å². The van der Waals surface area contributed by atoms with Crippen molar-refractivity contribution in [1.29, 1.82) is 0 Å². The average molecular weight is 316 g/mol. The van der Waals surface area contributed by atoms with Crippen molar-refractivity contribution in [2.24, 2.45) is 0 Å². The highest BCUT2D eigenvalue weighted by Crippen LogP contribution is 2.23. The minimum atomic E-state index is -0.749. The van der Waals surface area contributed by atoms with E-state index in [9.17, 15) is 9.59 Å². The fraction of sp³-hybridized carbons (Fsp3) is 0.588. The Hall–Kier alpha value is -2.11. The van der Waals surface area contributed by atoms with E-state index in [1.165, 1.54) is 0 Å². The summed E-state index contributed by atoms with van der Waals surface area (Å²) in [6.45, 7) is 4.74. The van der Waals surface area contributed by atoms with Crippen LogP contribution in [0.4, 0.5) is 5.82 Å². The van der Waals surface area contributed by atoms with Crippen LogP contribution in [-0.4, -0.2) is 53.4 Å². The first-order valence-corrected chi connectivity index (χ1v) is 8.35. The average Bonchev–Trinajstić information content (AvgIpc) is 2.76. The van der Waals surface area contributed by atoms with Crippen molar-refractivity contribution < 1.29 is 9.59 Å². The van der Waals surface area contributed by atoms with E-state index in [1.54, 1.807) is 6.20 Å². The van der Waals surface area contributed by atoms with Gasteiger partial charge in [0.25, 0.3) is 0 Å². The highest BCUT2D eigenvalue weighted by atomic mass is 16.2. The first-order chi connectivity index (χ1) is 11.1. The van der Waals surface area contributed by atoms with Gasteiger partial charge in [0, 0.05) is 38.8 Å². The fourth-order valence-corrected chi connectivity index (χ4v) is 3.39. The number of aromatic nitrogens is 1. The van der Waals surface area contributed by atoms with Crippen LogP contribution < -0.4 is 10.2 Å². The molecule has 0 radical (unpaired) electrons. The molecule has 124 valence electrons. The standard InChI is InChI=1S/C17H24N4O2/c1-17(8-4-2-7-15(22)19-17)16(23)21-12-10-20(11-13-21)14-6-3-5-9-18-14/h3,5-6,9H,2,4,7-8,10-13H2,1H3,(H,19,22)/t17-/m0/s1. The first-order valence-electron chi connectivity index (χ1n) is 8.35. The zero-order valence-corrected chi connectivity index (χ0v) is 13.6. The van der Waals surface area contributed by atoms with Gasteiger partial charge in [0.15, 0.2) is 0 Å². The molecular weight excluding hydrogens is 292 g/mol. The number of anilines is 1. The maximum absolute atomic E-state index is 12.9. The third-order valence-corrected chi connectivity index (χ3v) is 4.76. The minimum absolute atomic E-state index is 0.00882. The van der Waals surface area contributed by atoms with Crippen molar-refractivity contribution in [1.82, 2.24) is 15.2 Å². The maximum Gasteiger partial charge on any atom is 0.248 e. The molecule has 0 unspecified atom stereocenters. The topological polar surface area (TPSA) is 65.5 Å². The summed E-state index contributed by atoms with van der Waals surface area (Å²) in [6.07, 6.45) is 4.81. The molecule has 1 atom stereocenters. The summed E-state index contributed by atoms with van der Waals surface area (Å²) in [7, 11) is 0. The Kier molecular flexibility index (Phi) is 4.50. The molecule has 3 heterocycles. The van der Waals surface area contributed by atoms with Gasteiger partial charge in [-0.3, -0.25) is 9.59 Å². The van der Waals surface area contributed by atoms with E-state index in [2.05, 4.69) is 15.2 Å². The molecule has 2 saturated heterocycles. The van der Waals surface area contributed by atoms with Crippen molar-refractivity contribution in [3.8, 4) is 0 Å². The molecule has 6 nitrogen and oxygen atoms in total. The second-order valence-corrected chi connectivity index (χ2v) is 6.55. The molecule has 2 amide bonds. The maximum atomic E-state index is 12.9. The van der Waals surface area contributed by atoms with Crippen LogP contribution >= 0.6 is 0 Å². The zero-order valence-electron chi connectivity index (χ0n) is 13.6. The molecule has 2 fully saturated rings. The van der Waals surface area contributed by atoms with Crippen LogP contribution in [0.3, 0.4) is 0 Å². The molecule has 0 bridgehead atoms. The third kappa shape index (κ3) is 3.46. The van der Waals surface area contributed by atoms with Gasteiger partial charge in [0.05, 0.1) is 0 Å². The number of amides is 2. The van der Waals surface area contributed by atoms with Gasteiger partial charge in [-0.25, -0.2) is 4.98 Å². The van der Waals surface area contributed by atoms with Crippen LogP contribution in [0.15, 0.2) is 24.4 Å². The monoisotopic (exact) mass is 316 g/mol. The van der Waals surface area contributed by atoms with Crippen LogP contribution in [0.5, 0.6) is 0 Å². The predicted molar refractivity (Wildman–Crippen MR) is 88.0 cm³/mol. The summed E-state index contributed by atoms with van der Waals surface area (Å²) in [6, 6.07) is 5.87. The number of nitrogens with zero attached hydrogens (tertiary/aromatic N) is 3. The molecule has 0 aliphatic carbocycles. The molecule has 2 aliphatic rings. The fourth-order valence-electron chi connectivity index (χ4n) is 3.39. The van der Waals surface area contributed by atoms with Gasteiger partial charge in [-0.2, -0.15) is 0 Å². The highest BCUT2D eigenvalue weighted by Gasteiger charge is 2.39. The minimum Gasteiger partial charge on any atom is -0.353 e. The Labute approximate surface area is 136 Å². The zero-order chi connectivity index (χ0) is 16.3. The van der Waals surface area contributed by atoms with Crippen LogP contribution in [0.25, 0.3) is 0 Å². The van der Waals surface area contributed by atoms with E-state index >= 15 is 0 Å². The number of carbonyl (C=O) groups is 2. The van der Waals surface area contributed by atoms with Crippen LogP contribution in [0.2, 0.25) is 0 Å². The molecule has 0 aromatic carbocycles. The third-order valence-electron chi connectivity index (χ3n) is 4.76. The van der Waals surface area contributed by atoms with Crippen molar-refractivity contribution in [3.63, 3.8) is 0 Å². The van der Waals surface area contributed by atoms with E-state index in [-0.39, 0.29) is 11.8 Å². The Morgan fingerprint density at radius 1 is 1.22 bits per heavy atom. The molecule has 0 spiro atoms. The van der Waals surface area contributed by atoms with Crippen LogP contribution in [0.1, 0.15) is 32.6 Å². The summed E-state index contributed by atoms with van der Waals surface area (Å²) in [5, 5.41) is 2.94. The lowest BCUT2D eigenvalue weighted by atomic mass is 9.94. The lowest BCUT2D eigenvalue weighted by Crippen LogP contribution is -2.60. The summed E-state index contributed by atoms with van der Waals surface area (Å²) in [5.74, 6) is 0.993. The predicted octanol–water partition coefficient (Wildman–Crippen LogP) is 1.18. The lowest BCUT2D eigenvalue weighted by molar-refractivity contribution is -0.141. The quantitative estimate of drug-likeness (QED) is 0.890. The molecule has 2 aliphatic heterocycles. The largest absolute Gasteiger partial charge is 0.353 e. The molecular formula is C17H24N4O2. The Balaban J connectivity index is 1.62. The van der Waals surface area contributed by atoms with Crippen LogP contribution in [-0.2, 0) is 9.59 Å². The lowest BCUT2D eigenvalue weighted by Gasteiger charge is -2.40. The van der Waals surface area contributed by atoms with Gasteiger partial charge < -0.3 is 15.1 Å². The molecule has 0 saturated carbocycles.